The highest BCUT2D eigenvalue weighted by atomic mass is 16.5. The molecule has 1 unspecified atom stereocenters. The fourth-order valence-electron chi connectivity index (χ4n) is 2.63. The van der Waals surface area contributed by atoms with Crippen LogP contribution in [0.2, 0.25) is 0 Å². The molecule has 18 heavy (non-hydrogen) atoms. The molecule has 0 aliphatic carbocycles. The second-order valence-electron chi connectivity index (χ2n) is 4.95. The summed E-state index contributed by atoms with van der Waals surface area (Å²) in [6.45, 7) is 2.79. The van der Waals surface area contributed by atoms with Crippen molar-refractivity contribution in [3.63, 3.8) is 0 Å². The zero-order valence-electron chi connectivity index (χ0n) is 11.3. The van der Waals surface area contributed by atoms with Gasteiger partial charge < -0.3 is 15.4 Å². The molecule has 3 nitrogen and oxygen atoms in total. The number of methoxy groups -OCH3 is 1. The van der Waals surface area contributed by atoms with Gasteiger partial charge in [0.15, 0.2) is 0 Å². The molecule has 0 fully saturated rings. The van der Waals surface area contributed by atoms with Crippen molar-refractivity contribution in [1.82, 2.24) is 0 Å². The molecule has 2 N–H and O–H groups in total. The van der Waals surface area contributed by atoms with Crippen LogP contribution in [0, 0.1) is 0 Å². The molecule has 1 aliphatic rings. The molecule has 1 aromatic rings. The number of aryl methyl sites for hydroxylation is 1. The largest absolute Gasteiger partial charge is 0.380 e. The van der Waals surface area contributed by atoms with Gasteiger partial charge in [0, 0.05) is 32.4 Å². The van der Waals surface area contributed by atoms with Crippen LogP contribution in [0.5, 0.6) is 0 Å². The quantitative estimate of drug-likeness (QED) is 0.868. The van der Waals surface area contributed by atoms with Crippen LogP contribution in [0.15, 0.2) is 24.3 Å². The predicted molar refractivity (Wildman–Crippen MR) is 76.1 cm³/mol. The number of para-hydroxylation sites is 1. The average Bonchev–Trinajstić information content (AvgIpc) is 2.62. The summed E-state index contributed by atoms with van der Waals surface area (Å²) in [5.41, 5.74) is 8.57. The number of benzene rings is 1. The van der Waals surface area contributed by atoms with E-state index < -0.39 is 0 Å². The molecule has 0 bridgehead atoms. The number of rotatable bonds is 5. The first kappa shape index (κ1) is 13.4. The van der Waals surface area contributed by atoms with E-state index in [0.29, 0.717) is 6.54 Å². The highest BCUT2D eigenvalue weighted by Crippen LogP contribution is 2.26. The summed E-state index contributed by atoms with van der Waals surface area (Å²) in [6, 6.07) is 8.77. The van der Waals surface area contributed by atoms with Crippen molar-refractivity contribution >= 4 is 5.69 Å². The van der Waals surface area contributed by atoms with E-state index in [2.05, 4.69) is 29.2 Å². The summed E-state index contributed by atoms with van der Waals surface area (Å²) in [5.74, 6) is 0. The molecule has 0 saturated heterocycles. The van der Waals surface area contributed by atoms with Crippen LogP contribution in [0.3, 0.4) is 0 Å². The lowest BCUT2D eigenvalue weighted by atomic mass is 10.1. The van der Waals surface area contributed by atoms with E-state index >= 15 is 0 Å². The molecule has 3 heteroatoms. The number of hydrogen-bond donors (Lipinski definition) is 1. The maximum absolute atomic E-state index is 5.68. The molecule has 0 radical (unpaired) electrons. The van der Waals surface area contributed by atoms with E-state index in [9.17, 15) is 0 Å². The Hall–Kier alpha value is -1.06. The van der Waals surface area contributed by atoms with Crippen molar-refractivity contribution in [3.05, 3.63) is 29.8 Å². The van der Waals surface area contributed by atoms with Gasteiger partial charge in [0.2, 0.25) is 0 Å². The molecular weight excluding hydrogens is 224 g/mol. The summed E-state index contributed by atoms with van der Waals surface area (Å²) in [5, 5.41) is 0. The third-order valence-corrected chi connectivity index (χ3v) is 3.77. The Bertz CT molecular complexity index is 363. The fourth-order valence-corrected chi connectivity index (χ4v) is 2.63. The van der Waals surface area contributed by atoms with Crippen LogP contribution in [-0.2, 0) is 11.2 Å². The number of nitrogens with two attached hydrogens (primary N) is 1. The van der Waals surface area contributed by atoms with E-state index in [1.807, 2.05) is 0 Å². The maximum atomic E-state index is 5.68. The van der Waals surface area contributed by atoms with E-state index in [4.69, 9.17) is 10.5 Å². The van der Waals surface area contributed by atoms with Gasteiger partial charge >= 0.3 is 0 Å². The summed E-state index contributed by atoms with van der Waals surface area (Å²) in [7, 11) is 1.74. The van der Waals surface area contributed by atoms with E-state index in [1.165, 1.54) is 30.5 Å². The molecule has 1 heterocycles. The lowest BCUT2D eigenvalue weighted by Gasteiger charge is -2.26. The lowest BCUT2D eigenvalue weighted by molar-refractivity contribution is 0.104. The number of ether oxygens (including phenoxy) is 1. The van der Waals surface area contributed by atoms with Gasteiger partial charge in [-0.3, -0.25) is 0 Å². The van der Waals surface area contributed by atoms with Crippen molar-refractivity contribution in [2.75, 3.05) is 31.6 Å². The van der Waals surface area contributed by atoms with Crippen LogP contribution in [0.4, 0.5) is 5.69 Å². The Labute approximate surface area is 110 Å². The highest BCUT2D eigenvalue weighted by molar-refractivity contribution is 5.54. The minimum absolute atomic E-state index is 0.181. The Balaban J connectivity index is 2.03. The summed E-state index contributed by atoms with van der Waals surface area (Å²) in [4.78, 5) is 2.49. The van der Waals surface area contributed by atoms with Crippen LogP contribution in [0.1, 0.15) is 24.8 Å². The van der Waals surface area contributed by atoms with Crippen LogP contribution < -0.4 is 10.6 Å². The van der Waals surface area contributed by atoms with Gasteiger partial charge in [-0.25, -0.2) is 0 Å². The second kappa shape index (κ2) is 6.76. The van der Waals surface area contributed by atoms with Gasteiger partial charge in [-0.05, 0) is 37.3 Å². The molecule has 0 aromatic heterocycles. The minimum Gasteiger partial charge on any atom is -0.380 e. The van der Waals surface area contributed by atoms with Crippen molar-refractivity contribution in [1.29, 1.82) is 0 Å². The standard InChI is InChI=1S/C15H24N2O/c1-18-14(12-16)9-11-17-10-5-4-7-13-6-2-3-8-15(13)17/h2-3,6,8,14H,4-5,7,9-12,16H2,1H3. The minimum atomic E-state index is 0.181. The monoisotopic (exact) mass is 248 g/mol. The smallest absolute Gasteiger partial charge is 0.0710 e. The fraction of sp³-hybridized carbons (Fsp3) is 0.600. The first-order valence-corrected chi connectivity index (χ1v) is 6.91. The van der Waals surface area contributed by atoms with Crippen molar-refractivity contribution in [2.45, 2.75) is 31.8 Å². The third kappa shape index (κ3) is 3.24. The topological polar surface area (TPSA) is 38.5 Å². The molecule has 1 aliphatic heterocycles. The number of anilines is 1. The van der Waals surface area contributed by atoms with Gasteiger partial charge in [0.1, 0.15) is 0 Å². The van der Waals surface area contributed by atoms with Gasteiger partial charge in [-0.15, -0.1) is 0 Å². The number of hydrogen-bond acceptors (Lipinski definition) is 3. The summed E-state index contributed by atoms with van der Waals surface area (Å²) >= 11 is 0. The normalized spacial score (nSPS) is 17.1. The third-order valence-electron chi connectivity index (χ3n) is 3.77. The number of nitrogens with zero attached hydrogens (tertiary/aromatic N) is 1. The van der Waals surface area contributed by atoms with Crippen LogP contribution in [-0.4, -0.2) is 32.8 Å². The molecule has 2 rings (SSSR count). The van der Waals surface area contributed by atoms with Crippen molar-refractivity contribution in [3.8, 4) is 0 Å². The van der Waals surface area contributed by atoms with Gasteiger partial charge in [0.05, 0.1) is 6.10 Å². The zero-order valence-corrected chi connectivity index (χ0v) is 11.3. The van der Waals surface area contributed by atoms with E-state index in [-0.39, 0.29) is 6.10 Å². The van der Waals surface area contributed by atoms with Crippen molar-refractivity contribution in [2.24, 2.45) is 5.73 Å². The van der Waals surface area contributed by atoms with Crippen LogP contribution >= 0.6 is 0 Å². The van der Waals surface area contributed by atoms with Crippen LogP contribution in [0.25, 0.3) is 0 Å². The van der Waals surface area contributed by atoms with Crippen molar-refractivity contribution < 1.29 is 4.74 Å². The van der Waals surface area contributed by atoms with Gasteiger partial charge in [0.25, 0.3) is 0 Å². The number of fused-ring (bicyclic) bond motifs is 1. The first-order chi connectivity index (χ1) is 8.85. The molecular formula is C15H24N2O. The van der Waals surface area contributed by atoms with Gasteiger partial charge in [-0.2, -0.15) is 0 Å². The molecule has 1 aromatic carbocycles. The zero-order chi connectivity index (χ0) is 12.8. The Morgan fingerprint density at radius 2 is 2.17 bits per heavy atom. The summed E-state index contributed by atoms with van der Waals surface area (Å²) in [6.07, 6.45) is 4.95. The maximum Gasteiger partial charge on any atom is 0.0710 e. The Morgan fingerprint density at radius 3 is 2.94 bits per heavy atom. The average molecular weight is 248 g/mol. The summed E-state index contributed by atoms with van der Waals surface area (Å²) < 4.78 is 5.36. The van der Waals surface area contributed by atoms with E-state index in [1.54, 1.807) is 7.11 Å². The second-order valence-corrected chi connectivity index (χ2v) is 4.95. The van der Waals surface area contributed by atoms with E-state index in [0.717, 1.165) is 19.5 Å². The lowest BCUT2D eigenvalue weighted by Crippen LogP contribution is -2.31. The molecule has 100 valence electrons. The molecule has 0 spiro atoms. The highest BCUT2D eigenvalue weighted by Gasteiger charge is 2.15. The Kier molecular flexibility index (Phi) is 5.02. The van der Waals surface area contributed by atoms with Gasteiger partial charge in [-0.1, -0.05) is 18.2 Å². The first-order valence-electron chi connectivity index (χ1n) is 6.91. The molecule has 0 amide bonds. The molecule has 1 atom stereocenters. The Morgan fingerprint density at radius 1 is 1.33 bits per heavy atom. The SMILES string of the molecule is COC(CN)CCN1CCCCc2ccccc21. The predicted octanol–water partition coefficient (Wildman–Crippen LogP) is 2.19. The molecule has 0 saturated carbocycles.